The van der Waals surface area contributed by atoms with E-state index in [0.29, 0.717) is 13.1 Å². The Morgan fingerprint density at radius 3 is 3.00 bits per heavy atom. The molecular formula is C9H10N2O2. The summed E-state index contributed by atoms with van der Waals surface area (Å²) in [4.78, 5) is 10.3. The summed E-state index contributed by atoms with van der Waals surface area (Å²) in [6.07, 6.45) is 0.773. The number of phenols is 1. The molecule has 2 rings (SSSR count). The number of phenolic OH excluding ortho intramolecular Hbond substituents is 1. The molecule has 0 amide bonds. The van der Waals surface area contributed by atoms with Gasteiger partial charge in [0.15, 0.2) is 0 Å². The first-order valence-corrected chi connectivity index (χ1v) is 4.18. The number of benzene rings is 1. The number of aromatic hydroxyl groups is 1. The fourth-order valence-corrected chi connectivity index (χ4v) is 1.59. The molecule has 1 aliphatic rings. The first kappa shape index (κ1) is 8.04. The molecule has 1 heterocycles. The molecule has 1 aliphatic heterocycles. The maximum atomic E-state index is 10.3. The summed E-state index contributed by atoms with van der Waals surface area (Å²) in [5, 5.41) is 13.6. The van der Waals surface area contributed by atoms with E-state index in [9.17, 15) is 10.0 Å². The Morgan fingerprint density at radius 2 is 2.23 bits per heavy atom. The highest BCUT2D eigenvalue weighted by Crippen LogP contribution is 2.22. The molecule has 0 fully saturated rings. The van der Waals surface area contributed by atoms with Crippen LogP contribution in [-0.4, -0.2) is 16.7 Å². The van der Waals surface area contributed by atoms with Crippen LogP contribution < -0.4 is 0 Å². The molecule has 0 saturated heterocycles. The lowest BCUT2D eigenvalue weighted by Gasteiger charge is -2.23. The van der Waals surface area contributed by atoms with Crippen molar-refractivity contribution in [1.82, 2.24) is 5.01 Å². The van der Waals surface area contributed by atoms with Crippen molar-refractivity contribution in [2.24, 2.45) is 5.29 Å². The lowest BCUT2D eigenvalue weighted by molar-refractivity contribution is 0.263. The lowest BCUT2D eigenvalue weighted by atomic mass is 10.0. The highest BCUT2D eigenvalue weighted by molar-refractivity contribution is 5.36. The van der Waals surface area contributed by atoms with Crippen LogP contribution >= 0.6 is 0 Å². The van der Waals surface area contributed by atoms with Gasteiger partial charge in [-0.15, -0.1) is 4.91 Å². The van der Waals surface area contributed by atoms with Crippen molar-refractivity contribution < 1.29 is 5.11 Å². The Labute approximate surface area is 75.7 Å². The van der Waals surface area contributed by atoms with Crippen LogP contribution in [0.1, 0.15) is 11.1 Å². The third-order valence-corrected chi connectivity index (χ3v) is 2.30. The van der Waals surface area contributed by atoms with Crippen LogP contribution in [0.25, 0.3) is 0 Å². The second kappa shape index (κ2) is 3.05. The zero-order chi connectivity index (χ0) is 9.26. The minimum atomic E-state index is 0.284. The number of nitroso groups, excluding NO2 is 1. The van der Waals surface area contributed by atoms with E-state index in [4.69, 9.17) is 0 Å². The molecule has 1 aromatic rings. The summed E-state index contributed by atoms with van der Waals surface area (Å²) in [5.41, 5.74) is 2.18. The molecule has 0 saturated carbocycles. The Balaban J connectivity index is 2.31. The average Bonchev–Trinajstić information content (AvgIpc) is 2.17. The van der Waals surface area contributed by atoms with Crippen molar-refractivity contribution in [2.75, 3.05) is 6.54 Å². The molecule has 1 N–H and O–H groups in total. The Morgan fingerprint density at radius 1 is 1.38 bits per heavy atom. The standard InChI is InChI=1S/C9H10N2O2/c12-9-2-1-8-6-11(10-13)4-3-7(8)5-9/h1-2,5,12H,3-4,6H2. The summed E-state index contributed by atoms with van der Waals surface area (Å²) >= 11 is 0. The van der Waals surface area contributed by atoms with Gasteiger partial charge in [0.05, 0.1) is 11.8 Å². The van der Waals surface area contributed by atoms with Crippen molar-refractivity contribution in [3.8, 4) is 5.75 Å². The molecule has 4 heteroatoms. The summed E-state index contributed by atoms with van der Waals surface area (Å²) in [5.74, 6) is 0.284. The second-order valence-corrected chi connectivity index (χ2v) is 3.17. The molecule has 0 aromatic heterocycles. The largest absolute Gasteiger partial charge is 0.508 e. The van der Waals surface area contributed by atoms with E-state index in [1.807, 2.05) is 6.07 Å². The van der Waals surface area contributed by atoms with Crippen LogP contribution in [-0.2, 0) is 13.0 Å². The lowest BCUT2D eigenvalue weighted by Crippen LogP contribution is -2.25. The van der Waals surface area contributed by atoms with Crippen LogP contribution in [0.15, 0.2) is 23.5 Å². The SMILES string of the molecule is O=NN1CCc2cc(O)ccc2C1. The average molecular weight is 178 g/mol. The molecule has 0 bridgehead atoms. The fourth-order valence-electron chi connectivity index (χ4n) is 1.59. The summed E-state index contributed by atoms with van der Waals surface area (Å²) in [6, 6.07) is 5.21. The van der Waals surface area contributed by atoms with Crippen LogP contribution in [0.4, 0.5) is 0 Å². The van der Waals surface area contributed by atoms with E-state index in [2.05, 4.69) is 5.29 Å². The summed E-state index contributed by atoms with van der Waals surface area (Å²) < 4.78 is 0. The van der Waals surface area contributed by atoms with Gasteiger partial charge in [-0.25, -0.2) is 0 Å². The van der Waals surface area contributed by atoms with Gasteiger partial charge < -0.3 is 5.11 Å². The monoisotopic (exact) mass is 178 g/mol. The Kier molecular flexibility index (Phi) is 1.88. The molecule has 68 valence electrons. The van der Waals surface area contributed by atoms with Gasteiger partial charge in [0.1, 0.15) is 5.75 Å². The van der Waals surface area contributed by atoms with E-state index in [1.54, 1.807) is 12.1 Å². The molecule has 1 aromatic carbocycles. The highest BCUT2D eigenvalue weighted by Gasteiger charge is 2.15. The minimum absolute atomic E-state index is 0.284. The van der Waals surface area contributed by atoms with Gasteiger partial charge in [0, 0.05) is 6.54 Å². The van der Waals surface area contributed by atoms with Crippen molar-refractivity contribution >= 4 is 0 Å². The van der Waals surface area contributed by atoms with Crippen molar-refractivity contribution in [3.05, 3.63) is 34.2 Å². The van der Waals surface area contributed by atoms with Crippen LogP contribution in [0.5, 0.6) is 5.75 Å². The Bertz CT molecular complexity index is 338. The van der Waals surface area contributed by atoms with E-state index in [-0.39, 0.29) is 5.75 Å². The number of rotatable bonds is 1. The first-order chi connectivity index (χ1) is 6.29. The van der Waals surface area contributed by atoms with Gasteiger partial charge in [0.2, 0.25) is 0 Å². The minimum Gasteiger partial charge on any atom is -0.508 e. The van der Waals surface area contributed by atoms with E-state index in [0.717, 1.165) is 17.5 Å². The van der Waals surface area contributed by atoms with Gasteiger partial charge in [-0.05, 0) is 29.7 Å². The van der Waals surface area contributed by atoms with Gasteiger partial charge in [-0.1, -0.05) is 6.07 Å². The smallest absolute Gasteiger partial charge is 0.115 e. The maximum Gasteiger partial charge on any atom is 0.115 e. The molecule has 0 aliphatic carbocycles. The predicted octanol–water partition coefficient (Wildman–Crippen LogP) is 1.43. The molecule has 0 atom stereocenters. The number of hydrogen-bond acceptors (Lipinski definition) is 3. The second-order valence-electron chi connectivity index (χ2n) is 3.17. The van der Waals surface area contributed by atoms with E-state index in [1.165, 1.54) is 5.01 Å². The van der Waals surface area contributed by atoms with E-state index < -0.39 is 0 Å². The number of nitrogens with zero attached hydrogens (tertiary/aromatic N) is 2. The molecule has 0 radical (unpaired) electrons. The van der Waals surface area contributed by atoms with Gasteiger partial charge in [-0.3, -0.25) is 5.01 Å². The number of fused-ring (bicyclic) bond motifs is 1. The molecule has 0 unspecified atom stereocenters. The van der Waals surface area contributed by atoms with Crippen molar-refractivity contribution in [3.63, 3.8) is 0 Å². The maximum absolute atomic E-state index is 10.3. The molecule has 0 spiro atoms. The van der Waals surface area contributed by atoms with Crippen molar-refractivity contribution in [1.29, 1.82) is 0 Å². The Hall–Kier alpha value is -1.58. The van der Waals surface area contributed by atoms with Crippen LogP contribution in [0, 0.1) is 4.91 Å². The van der Waals surface area contributed by atoms with Gasteiger partial charge in [-0.2, -0.15) is 0 Å². The topological polar surface area (TPSA) is 52.9 Å². The third kappa shape index (κ3) is 1.47. The summed E-state index contributed by atoms with van der Waals surface area (Å²) in [6.45, 7) is 1.19. The zero-order valence-electron chi connectivity index (χ0n) is 7.10. The summed E-state index contributed by atoms with van der Waals surface area (Å²) in [7, 11) is 0. The normalized spacial score (nSPS) is 15.2. The van der Waals surface area contributed by atoms with Crippen molar-refractivity contribution in [2.45, 2.75) is 13.0 Å². The van der Waals surface area contributed by atoms with Gasteiger partial charge >= 0.3 is 0 Å². The highest BCUT2D eigenvalue weighted by atomic mass is 16.3. The predicted molar refractivity (Wildman–Crippen MR) is 48.0 cm³/mol. The zero-order valence-corrected chi connectivity index (χ0v) is 7.10. The molecule has 4 nitrogen and oxygen atoms in total. The van der Waals surface area contributed by atoms with Crippen LogP contribution in [0.3, 0.4) is 0 Å². The quantitative estimate of drug-likeness (QED) is 0.662. The number of hydrogen-bond donors (Lipinski definition) is 1. The van der Waals surface area contributed by atoms with Crippen LogP contribution in [0.2, 0.25) is 0 Å². The first-order valence-electron chi connectivity index (χ1n) is 4.18. The van der Waals surface area contributed by atoms with Gasteiger partial charge in [0.25, 0.3) is 0 Å². The fraction of sp³-hybridized carbons (Fsp3) is 0.333. The molecule has 13 heavy (non-hydrogen) atoms. The van der Waals surface area contributed by atoms with E-state index >= 15 is 0 Å². The third-order valence-electron chi connectivity index (χ3n) is 2.30. The molecular weight excluding hydrogens is 168 g/mol.